The van der Waals surface area contributed by atoms with Gasteiger partial charge in [-0.1, -0.05) is 24.3 Å². The smallest absolute Gasteiger partial charge is 0.339 e. The van der Waals surface area contributed by atoms with E-state index < -0.39 is 5.97 Å². The van der Waals surface area contributed by atoms with Crippen LogP contribution in [0.15, 0.2) is 34.7 Å². The molecule has 2 heterocycles. The molecule has 1 aliphatic rings. The minimum absolute atomic E-state index is 0.0530. The van der Waals surface area contributed by atoms with Crippen molar-refractivity contribution in [2.75, 3.05) is 13.6 Å². The number of nitrogens with zero attached hydrogens (tertiary/aromatic N) is 2. The molecule has 28 heavy (non-hydrogen) atoms. The second-order valence-corrected chi connectivity index (χ2v) is 7.12. The van der Waals surface area contributed by atoms with Crippen LogP contribution >= 0.6 is 0 Å². The quantitative estimate of drug-likeness (QED) is 0.856. The zero-order chi connectivity index (χ0) is 20.4. The highest BCUT2D eigenvalue weighted by molar-refractivity contribution is 5.88. The Morgan fingerprint density at radius 1 is 1.29 bits per heavy atom. The van der Waals surface area contributed by atoms with Crippen molar-refractivity contribution < 1.29 is 23.9 Å². The maximum Gasteiger partial charge on any atom is 0.339 e. The number of carboxylic acid groups (broad SMARTS) is 1. The maximum atomic E-state index is 12.8. The molecule has 1 aliphatic heterocycles. The molecule has 2 amide bonds. The molecule has 2 aromatic rings. The van der Waals surface area contributed by atoms with Crippen molar-refractivity contribution in [3.05, 3.63) is 58.5 Å². The zero-order valence-electron chi connectivity index (χ0n) is 16.3. The third-order valence-electron chi connectivity index (χ3n) is 5.20. The van der Waals surface area contributed by atoms with Gasteiger partial charge < -0.3 is 19.3 Å². The van der Waals surface area contributed by atoms with E-state index in [4.69, 9.17) is 9.52 Å². The molecule has 1 atom stereocenters. The minimum atomic E-state index is -1.06. The van der Waals surface area contributed by atoms with Crippen LogP contribution in [-0.4, -0.2) is 46.3 Å². The van der Waals surface area contributed by atoms with Gasteiger partial charge in [0.1, 0.15) is 17.1 Å². The van der Waals surface area contributed by atoms with Crippen LogP contribution in [0.4, 0.5) is 0 Å². The first kappa shape index (κ1) is 19.7. The summed E-state index contributed by atoms with van der Waals surface area (Å²) in [4.78, 5) is 39.3. The number of aromatic carboxylic acids is 1. The lowest BCUT2D eigenvalue weighted by Crippen LogP contribution is -2.41. The molecule has 0 saturated heterocycles. The Hall–Kier alpha value is -3.09. The summed E-state index contributed by atoms with van der Waals surface area (Å²) in [6.45, 7) is 3.86. The molecule has 0 fully saturated rings. The number of benzene rings is 1. The highest BCUT2D eigenvalue weighted by atomic mass is 16.4. The first-order valence-corrected chi connectivity index (χ1v) is 9.19. The summed E-state index contributed by atoms with van der Waals surface area (Å²) in [6, 6.07) is 9.03. The van der Waals surface area contributed by atoms with Gasteiger partial charge in [-0.05, 0) is 30.5 Å². The Balaban J connectivity index is 1.76. The molecular weight excluding hydrogens is 360 g/mol. The molecule has 0 saturated carbocycles. The summed E-state index contributed by atoms with van der Waals surface area (Å²) < 4.78 is 5.46. The number of fused-ring (bicyclic) bond motifs is 1. The van der Waals surface area contributed by atoms with Crippen molar-refractivity contribution in [3.8, 4) is 0 Å². The monoisotopic (exact) mass is 384 g/mol. The van der Waals surface area contributed by atoms with E-state index in [1.165, 1.54) is 17.9 Å². The number of amides is 2. The summed E-state index contributed by atoms with van der Waals surface area (Å²) in [6.07, 6.45) is 0.943. The van der Waals surface area contributed by atoms with Crippen LogP contribution in [-0.2, 0) is 22.6 Å². The van der Waals surface area contributed by atoms with E-state index >= 15 is 0 Å². The van der Waals surface area contributed by atoms with Crippen molar-refractivity contribution >= 4 is 17.8 Å². The second kappa shape index (κ2) is 7.88. The lowest BCUT2D eigenvalue weighted by atomic mass is 9.90. The molecule has 3 rings (SSSR count). The SMILES string of the molecule is CC(=O)N1CCc2ccccc2C1CC(=O)N(C)Cc1cc(C(=O)O)c(C)o1. The number of furan rings is 1. The van der Waals surface area contributed by atoms with Gasteiger partial charge in [-0.15, -0.1) is 0 Å². The third kappa shape index (κ3) is 3.93. The van der Waals surface area contributed by atoms with Gasteiger partial charge in [-0.3, -0.25) is 9.59 Å². The maximum absolute atomic E-state index is 12.8. The van der Waals surface area contributed by atoms with E-state index in [0.29, 0.717) is 18.1 Å². The third-order valence-corrected chi connectivity index (χ3v) is 5.20. The standard InChI is InChI=1S/C21H24N2O5/c1-13-18(21(26)27)10-16(28-13)12-22(3)20(25)11-19-17-7-5-4-6-15(17)8-9-23(19)14(2)24/h4-7,10,19H,8-9,11-12H2,1-3H3,(H,26,27). The summed E-state index contributed by atoms with van der Waals surface area (Å²) in [5, 5.41) is 9.13. The molecule has 7 nitrogen and oxygen atoms in total. The minimum Gasteiger partial charge on any atom is -0.478 e. The number of aryl methyl sites for hydroxylation is 1. The van der Waals surface area contributed by atoms with Crippen LogP contribution in [0.3, 0.4) is 0 Å². The zero-order valence-corrected chi connectivity index (χ0v) is 16.3. The molecule has 0 radical (unpaired) electrons. The van der Waals surface area contributed by atoms with Gasteiger partial charge in [-0.25, -0.2) is 4.79 Å². The largest absolute Gasteiger partial charge is 0.478 e. The fourth-order valence-electron chi connectivity index (χ4n) is 3.73. The molecule has 1 aromatic carbocycles. The van der Waals surface area contributed by atoms with E-state index in [2.05, 4.69) is 0 Å². The Kier molecular flexibility index (Phi) is 5.53. The summed E-state index contributed by atoms with van der Waals surface area (Å²) in [5.74, 6) is -0.524. The Bertz CT molecular complexity index is 917. The number of carbonyl (C=O) groups excluding carboxylic acids is 2. The van der Waals surface area contributed by atoms with Crippen LogP contribution in [0, 0.1) is 6.92 Å². The lowest BCUT2D eigenvalue weighted by Gasteiger charge is -2.37. The van der Waals surface area contributed by atoms with E-state index in [1.807, 2.05) is 24.3 Å². The van der Waals surface area contributed by atoms with Crippen LogP contribution in [0.1, 0.15) is 52.4 Å². The predicted octanol–water partition coefficient (Wildman–Crippen LogP) is 2.78. The molecule has 148 valence electrons. The highest BCUT2D eigenvalue weighted by Gasteiger charge is 2.31. The summed E-state index contributed by atoms with van der Waals surface area (Å²) in [5.41, 5.74) is 2.26. The normalized spacial score (nSPS) is 15.8. The average Bonchev–Trinajstić information content (AvgIpc) is 3.02. The van der Waals surface area contributed by atoms with Crippen molar-refractivity contribution in [1.29, 1.82) is 0 Å². The van der Waals surface area contributed by atoms with Crippen molar-refractivity contribution in [1.82, 2.24) is 9.80 Å². The molecule has 0 spiro atoms. The van der Waals surface area contributed by atoms with Crippen molar-refractivity contribution in [2.45, 2.75) is 39.3 Å². The number of carboxylic acids is 1. The molecule has 7 heteroatoms. The second-order valence-electron chi connectivity index (χ2n) is 7.12. The van der Waals surface area contributed by atoms with E-state index in [0.717, 1.165) is 17.5 Å². The topological polar surface area (TPSA) is 91.1 Å². The number of hydrogen-bond donors (Lipinski definition) is 1. The molecule has 0 bridgehead atoms. The number of hydrogen-bond acceptors (Lipinski definition) is 4. The van der Waals surface area contributed by atoms with E-state index in [-0.39, 0.29) is 36.4 Å². The van der Waals surface area contributed by atoms with Crippen LogP contribution < -0.4 is 0 Å². The Morgan fingerprint density at radius 2 is 2.00 bits per heavy atom. The van der Waals surface area contributed by atoms with Crippen molar-refractivity contribution in [2.24, 2.45) is 0 Å². The number of carbonyl (C=O) groups is 3. The van der Waals surface area contributed by atoms with Gasteiger partial charge in [0, 0.05) is 20.5 Å². The average molecular weight is 384 g/mol. The fourth-order valence-corrected chi connectivity index (χ4v) is 3.73. The van der Waals surface area contributed by atoms with E-state index in [1.54, 1.807) is 18.9 Å². The molecule has 1 unspecified atom stereocenters. The molecule has 1 N–H and O–H groups in total. The highest BCUT2D eigenvalue weighted by Crippen LogP contribution is 2.32. The van der Waals surface area contributed by atoms with Crippen LogP contribution in [0.2, 0.25) is 0 Å². The Labute approximate surface area is 163 Å². The van der Waals surface area contributed by atoms with Crippen molar-refractivity contribution in [3.63, 3.8) is 0 Å². The van der Waals surface area contributed by atoms with Gasteiger partial charge in [-0.2, -0.15) is 0 Å². The van der Waals surface area contributed by atoms with Gasteiger partial charge >= 0.3 is 5.97 Å². The number of rotatable bonds is 5. The lowest BCUT2D eigenvalue weighted by molar-refractivity contribution is -0.136. The van der Waals surface area contributed by atoms with Gasteiger partial charge in [0.15, 0.2) is 0 Å². The molecule has 0 aliphatic carbocycles. The first-order chi connectivity index (χ1) is 13.3. The van der Waals surface area contributed by atoms with Gasteiger partial charge in [0.25, 0.3) is 0 Å². The van der Waals surface area contributed by atoms with Crippen LogP contribution in [0.25, 0.3) is 0 Å². The predicted molar refractivity (Wildman–Crippen MR) is 102 cm³/mol. The van der Waals surface area contributed by atoms with Crippen LogP contribution in [0.5, 0.6) is 0 Å². The summed E-state index contributed by atoms with van der Waals surface area (Å²) in [7, 11) is 1.65. The molecule has 1 aromatic heterocycles. The Morgan fingerprint density at radius 3 is 2.64 bits per heavy atom. The fraction of sp³-hybridized carbons (Fsp3) is 0.381. The summed E-state index contributed by atoms with van der Waals surface area (Å²) >= 11 is 0. The van der Waals surface area contributed by atoms with Gasteiger partial charge in [0.2, 0.25) is 11.8 Å². The van der Waals surface area contributed by atoms with Gasteiger partial charge in [0.05, 0.1) is 19.0 Å². The van der Waals surface area contributed by atoms with E-state index in [9.17, 15) is 14.4 Å². The molecular formula is C21H24N2O5. The first-order valence-electron chi connectivity index (χ1n) is 9.19.